The van der Waals surface area contributed by atoms with Crippen LogP contribution in [-0.4, -0.2) is 95.2 Å². The number of aliphatic carboxylic acids is 1. The zero-order valence-corrected chi connectivity index (χ0v) is 21.9. The minimum absolute atomic E-state index is 0.125. The minimum atomic E-state index is -5.08. The zero-order valence-electron chi connectivity index (χ0n) is 21.9. The fourth-order valence-electron chi connectivity index (χ4n) is 0.895. The molecule has 6 N–H and O–H groups in total. The first-order chi connectivity index (χ1) is 17.3. The number of aliphatic hydroxyl groups excluding tert-OH is 4. The van der Waals surface area contributed by atoms with Gasteiger partial charge < -0.3 is 40.2 Å². The molecule has 1 aromatic rings. The molecule has 1 heterocycles. The molecule has 0 aromatic heterocycles. The van der Waals surface area contributed by atoms with E-state index in [9.17, 15) is 18.0 Å². The van der Waals surface area contributed by atoms with Crippen LogP contribution >= 0.6 is 0 Å². The Morgan fingerprint density at radius 2 is 1.11 bits per heavy atom. The summed E-state index contributed by atoms with van der Waals surface area (Å²) in [5.74, 6) is -2.59. The molecule has 0 spiro atoms. The summed E-state index contributed by atoms with van der Waals surface area (Å²) < 4.78 is 36.7. The lowest BCUT2D eigenvalue weighted by molar-refractivity contribution is -0.192. The summed E-state index contributed by atoms with van der Waals surface area (Å²) in [5.41, 5.74) is 0. The predicted octanol–water partition coefficient (Wildman–Crippen LogP) is 2.52. The third kappa shape index (κ3) is 141. The van der Waals surface area contributed by atoms with Gasteiger partial charge >= 0.3 is 12.1 Å². The highest BCUT2D eigenvalue weighted by Crippen LogP contribution is 2.13. The number of nitriles is 1. The molecule has 0 saturated carbocycles. The zero-order chi connectivity index (χ0) is 31.0. The minimum Gasteiger partial charge on any atom is -0.483 e. The van der Waals surface area contributed by atoms with E-state index in [0.717, 1.165) is 20.3 Å². The van der Waals surface area contributed by atoms with Crippen molar-refractivity contribution in [2.75, 3.05) is 40.1 Å². The van der Waals surface area contributed by atoms with E-state index >= 15 is 0 Å². The Kier molecular flexibility index (Phi) is 74.0. The van der Waals surface area contributed by atoms with E-state index in [1.165, 1.54) is 33.6 Å². The van der Waals surface area contributed by atoms with Crippen molar-refractivity contribution in [3.05, 3.63) is 36.4 Å². The first kappa shape index (κ1) is 50.7. The number of aliphatic hydroxyl groups is 4. The number of benzene rings is 1. The quantitative estimate of drug-likeness (QED) is 0.281. The summed E-state index contributed by atoms with van der Waals surface area (Å²) in [6, 6.07) is 13.8. The number of alkyl halides is 3. The first-order valence-electron chi connectivity index (χ1n) is 10.3. The summed E-state index contributed by atoms with van der Waals surface area (Å²) in [5, 5.41) is 51.2. The van der Waals surface area contributed by atoms with Gasteiger partial charge in [0.25, 0.3) is 6.47 Å². The third-order valence-corrected chi connectivity index (χ3v) is 1.84. The van der Waals surface area contributed by atoms with Crippen LogP contribution in [-0.2, 0) is 19.1 Å². The molecule has 1 aliphatic rings. The van der Waals surface area contributed by atoms with E-state index in [-0.39, 0.29) is 32.1 Å². The van der Waals surface area contributed by atoms with Gasteiger partial charge in [-0.2, -0.15) is 18.4 Å². The van der Waals surface area contributed by atoms with Crippen LogP contribution in [0.5, 0.6) is 0 Å². The SMILES string of the molecule is C1CCOC1.CC#N.CC(C)=O.CCO.CO.O=C(O)C(F)(F)F.O=CO.OCCO.c1ccccc1. The van der Waals surface area contributed by atoms with E-state index in [4.69, 9.17) is 50.2 Å². The number of ether oxygens (including phenoxy) is 1. The third-order valence-electron chi connectivity index (χ3n) is 1.84. The van der Waals surface area contributed by atoms with Crippen LogP contribution in [0.15, 0.2) is 36.4 Å². The van der Waals surface area contributed by atoms with Crippen molar-refractivity contribution >= 4 is 18.2 Å². The summed E-state index contributed by atoms with van der Waals surface area (Å²) >= 11 is 0. The van der Waals surface area contributed by atoms with Crippen LogP contribution in [0.2, 0.25) is 0 Å². The van der Waals surface area contributed by atoms with Crippen molar-refractivity contribution < 1.29 is 62.9 Å². The number of carboxylic acids is 1. The second-order valence-electron chi connectivity index (χ2n) is 5.28. The number of carbonyl (C=O) groups excluding carboxylic acids is 1. The first-order valence-corrected chi connectivity index (χ1v) is 10.3. The second-order valence-corrected chi connectivity index (χ2v) is 5.28. The van der Waals surface area contributed by atoms with E-state index in [1.807, 2.05) is 36.4 Å². The van der Waals surface area contributed by atoms with Gasteiger partial charge in [0.2, 0.25) is 0 Å². The number of rotatable bonds is 1. The normalized spacial score (nSPS) is 9.38. The second kappa shape index (κ2) is 54.0. The van der Waals surface area contributed by atoms with Gasteiger partial charge in [0.1, 0.15) is 5.78 Å². The standard InChI is InChI=1S/C6H6.C4H8O.C3H6O.C2HF3O2.C2H3N.C2H6O2.C2H6O.CH2O2.CH4O/c1-2-4-6-5-3-1;1-2-4-5-3-1;1-3(2)4;3-2(4,5)1(6)7;1-2-3;3-1-2-4;1-2-3;2-1-3;1-2/h1-6H;1-4H2;1-2H3;(H,6,7);1H3;3-4H,1-2H2;3H,2H2,1H3;1H,(H,2,3);2H,1H3. The van der Waals surface area contributed by atoms with Crippen LogP contribution in [0.1, 0.15) is 40.5 Å². The Balaban J connectivity index is -0.0000000562. The molecular formula is C23H42F3NO10. The highest BCUT2D eigenvalue weighted by molar-refractivity contribution is 5.73. The molecule has 0 aliphatic carbocycles. The largest absolute Gasteiger partial charge is 0.490 e. The van der Waals surface area contributed by atoms with Crippen molar-refractivity contribution in [1.29, 1.82) is 5.26 Å². The Labute approximate surface area is 216 Å². The highest BCUT2D eigenvalue weighted by atomic mass is 19.4. The number of Topliss-reactive ketones (excluding diaryl/α,β-unsaturated/α-hetero) is 1. The number of ketones is 1. The smallest absolute Gasteiger partial charge is 0.483 e. The molecule has 0 unspecified atom stereocenters. The van der Waals surface area contributed by atoms with E-state index in [1.54, 1.807) is 13.0 Å². The Hall–Kier alpha value is -3.09. The molecule has 0 atom stereocenters. The lowest BCUT2D eigenvalue weighted by atomic mass is 10.4. The Bertz CT molecular complexity index is 526. The average Bonchev–Trinajstić information content (AvgIpc) is 3.43. The van der Waals surface area contributed by atoms with Gasteiger partial charge in [-0.25, -0.2) is 4.79 Å². The number of carbonyl (C=O) groups is 3. The van der Waals surface area contributed by atoms with Gasteiger partial charge in [0.05, 0.1) is 19.3 Å². The molecule has 1 aliphatic heterocycles. The van der Waals surface area contributed by atoms with E-state index < -0.39 is 12.1 Å². The molecule has 1 fully saturated rings. The van der Waals surface area contributed by atoms with Gasteiger partial charge in [-0.3, -0.25) is 4.79 Å². The monoisotopic (exact) mass is 549 g/mol. The number of halogens is 3. The van der Waals surface area contributed by atoms with Gasteiger partial charge in [0.15, 0.2) is 0 Å². The van der Waals surface area contributed by atoms with Crippen molar-refractivity contribution in [2.24, 2.45) is 0 Å². The van der Waals surface area contributed by atoms with E-state index in [2.05, 4.69) is 0 Å². The van der Waals surface area contributed by atoms with Gasteiger partial charge in [0, 0.05) is 33.9 Å². The summed E-state index contributed by atoms with van der Waals surface area (Å²) in [6.07, 6.45) is -2.53. The van der Waals surface area contributed by atoms with Crippen LogP contribution < -0.4 is 0 Å². The van der Waals surface area contributed by atoms with Crippen LogP contribution in [0.25, 0.3) is 0 Å². The molecule has 14 heteroatoms. The van der Waals surface area contributed by atoms with Crippen molar-refractivity contribution in [1.82, 2.24) is 0 Å². The Morgan fingerprint density at radius 3 is 1.16 bits per heavy atom. The molecule has 0 amide bonds. The highest BCUT2D eigenvalue weighted by Gasteiger charge is 2.38. The summed E-state index contributed by atoms with van der Waals surface area (Å²) in [4.78, 5) is 26.7. The fourth-order valence-corrected chi connectivity index (χ4v) is 0.895. The molecule has 37 heavy (non-hydrogen) atoms. The van der Waals surface area contributed by atoms with Crippen LogP contribution in [0.4, 0.5) is 13.2 Å². The predicted molar refractivity (Wildman–Crippen MR) is 132 cm³/mol. The van der Waals surface area contributed by atoms with Crippen molar-refractivity contribution in [3.8, 4) is 6.07 Å². The fraction of sp³-hybridized carbons (Fsp3) is 0.565. The number of nitrogens with zero attached hydrogens (tertiary/aromatic N) is 1. The molecule has 1 aromatic carbocycles. The van der Waals surface area contributed by atoms with Gasteiger partial charge in [-0.15, -0.1) is 0 Å². The maximum absolute atomic E-state index is 10.6. The lowest BCUT2D eigenvalue weighted by Gasteiger charge is -1.93. The molecule has 2 rings (SSSR count). The molecule has 0 bridgehead atoms. The van der Waals surface area contributed by atoms with E-state index in [0.29, 0.717) is 0 Å². The summed E-state index contributed by atoms with van der Waals surface area (Å²) in [7, 11) is 1.00. The molecule has 1 saturated heterocycles. The number of hydrogen-bond donors (Lipinski definition) is 6. The average molecular weight is 550 g/mol. The van der Waals surface area contributed by atoms with Gasteiger partial charge in [-0.1, -0.05) is 36.4 Å². The van der Waals surface area contributed by atoms with Crippen LogP contribution in [0, 0.1) is 11.3 Å². The molecule has 11 nitrogen and oxygen atoms in total. The summed E-state index contributed by atoms with van der Waals surface area (Å²) in [6.45, 7) is 7.92. The maximum atomic E-state index is 10.6. The lowest BCUT2D eigenvalue weighted by Crippen LogP contribution is -2.21. The number of hydrogen-bond acceptors (Lipinski definition) is 9. The van der Waals surface area contributed by atoms with Crippen molar-refractivity contribution in [3.63, 3.8) is 0 Å². The van der Waals surface area contributed by atoms with Crippen molar-refractivity contribution in [2.45, 2.75) is 46.7 Å². The number of carboxylic acid groups (broad SMARTS) is 2. The molecular weight excluding hydrogens is 507 g/mol. The Morgan fingerprint density at radius 1 is 0.946 bits per heavy atom. The van der Waals surface area contributed by atoms with Gasteiger partial charge in [-0.05, 0) is 33.6 Å². The molecule has 0 radical (unpaired) electrons. The maximum Gasteiger partial charge on any atom is 0.490 e. The van der Waals surface area contributed by atoms with Crippen LogP contribution in [0.3, 0.4) is 0 Å². The molecule has 220 valence electrons. The topological polar surface area (TPSA) is 206 Å².